The number of hydrogen-bond acceptors (Lipinski definition) is 3. The lowest BCUT2D eigenvalue weighted by Gasteiger charge is -2.33. The van der Waals surface area contributed by atoms with E-state index >= 15 is 0 Å². The molecule has 24 heavy (non-hydrogen) atoms. The van der Waals surface area contributed by atoms with Crippen molar-refractivity contribution in [2.45, 2.75) is 37.3 Å². The monoisotopic (exact) mass is 343 g/mol. The van der Waals surface area contributed by atoms with Gasteiger partial charge in [-0.15, -0.1) is 0 Å². The number of benzene rings is 1. The van der Waals surface area contributed by atoms with Gasteiger partial charge in [-0.2, -0.15) is 0 Å². The predicted molar refractivity (Wildman–Crippen MR) is 91.7 cm³/mol. The molecule has 5 heteroatoms. The van der Waals surface area contributed by atoms with Crippen LogP contribution in [-0.4, -0.2) is 22.7 Å². The van der Waals surface area contributed by atoms with Crippen LogP contribution in [0.15, 0.2) is 47.1 Å². The van der Waals surface area contributed by atoms with Gasteiger partial charge in [0.25, 0.3) is 5.91 Å². The van der Waals surface area contributed by atoms with E-state index in [0.717, 1.165) is 18.4 Å². The third-order valence-corrected chi connectivity index (χ3v) is 4.31. The molecule has 1 fully saturated rings. The van der Waals surface area contributed by atoms with E-state index in [0.29, 0.717) is 17.9 Å². The fourth-order valence-corrected chi connectivity index (χ4v) is 3.10. The average Bonchev–Trinajstić information content (AvgIpc) is 3.08. The largest absolute Gasteiger partial charge is 0.459 e. The maximum atomic E-state index is 12.1. The lowest BCUT2D eigenvalue weighted by atomic mass is 9.82. The molecule has 0 unspecified atom stereocenters. The molecule has 124 valence electrons. The van der Waals surface area contributed by atoms with Gasteiger partial charge in [-0.1, -0.05) is 29.5 Å². The van der Waals surface area contributed by atoms with Gasteiger partial charge in [0.2, 0.25) is 0 Å². The molecule has 1 aliphatic rings. The van der Waals surface area contributed by atoms with Crippen molar-refractivity contribution >= 4 is 17.5 Å². The Morgan fingerprint density at radius 1 is 1.38 bits per heavy atom. The van der Waals surface area contributed by atoms with Gasteiger partial charge >= 0.3 is 0 Å². The lowest BCUT2D eigenvalue weighted by Crippen LogP contribution is -2.45. The molecule has 4 nitrogen and oxygen atoms in total. The van der Waals surface area contributed by atoms with E-state index in [4.69, 9.17) is 16.0 Å². The molecule has 1 amide bonds. The second-order valence-corrected chi connectivity index (χ2v) is 6.47. The second kappa shape index (κ2) is 7.12. The number of carbonyl (C=O) groups excluding carboxylic acids is 1. The van der Waals surface area contributed by atoms with Crippen molar-refractivity contribution in [1.29, 1.82) is 0 Å². The predicted octanol–water partition coefficient (Wildman–Crippen LogP) is 3.39. The van der Waals surface area contributed by atoms with E-state index in [1.54, 1.807) is 24.3 Å². The van der Waals surface area contributed by atoms with E-state index in [9.17, 15) is 9.90 Å². The van der Waals surface area contributed by atoms with Gasteiger partial charge in [0, 0.05) is 23.0 Å². The Morgan fingerprint density at radius 3 is 3.00 bits per heavy atom. The van der Waals surface area contributed by atoms with E-state index in [2.05, 4.69) is 17.2 Å². The summed E-state index contributed by atoms with van der Waals surface area (Å²) >= 11 is 5.94. The highest BCUT2D eigenvalue weighted by atomic mass is 35.5. The first-order valence-corrected chi connectivity index (χ1v) is 8.27. The number of aliphatic hydroxyl groups is 1. The summed E-state index contributed by atoms with van der Waals surface area (Å²) in [5.41, 5.74) is -0.348. The minimum Gasteiger partial charge on any atom is -0.459 e. The molecule has 1 heterocycles. The van der Waals surface area contributed by atoms with E-state index in [-0.39, 0.29) is 17.7 Å². The first-order valence-electron chi connectivity index (χ1n) is 7.90. The van der Waals surface area contributed by atoms with E-state index in [1.165, 1.54) is 6.26 Å². The summed E-state index contributed by atoms with van der Waals surface area (Å²) in [5.74, 6) is 5.94. The Morgan fingerprint density at radius 2 is 2.25 bits per heavy atom. The third kappa shape index (κ3) is 4.19. The van der Waals surface area contributed by atoms with Crippen molar-refractivity contribution < 1.29 is 14.3 Å². The maximum Gasteiger partial charge on any atom is 0.287 e. The van der Waals surface area contributed by atoms with Crippen molar-refractivity contribution in [3.63, 3.8) is 0 Å². The molecular formula is C19H18ClNO3. The molecule has 3 rings (SSSR count). The number of furan rings is 1. The highest BCUT2D eigenvalue weighted by Crippen LogP contribution is 2.28. The van der Waals surface area contributed by atoms with Crippen LogP contribution in [0.4, 0.5) is 0 Å². The molecule has 2 aromatic rings. The first-order chi connectivity index (χ1) is 11.5. The molecule has 0 radical (unpaired) electrons. The molecule has 1 aromatic carbocycles. The molecule has 0 spiro atoms. The molecule has 2 N–H and O–H groups in total. The summed E-state index contributed by atoms with van der Waals surface area (Å²) in [6, 6.07) is 10.4. The normalized spacial score (nSPS) is 23.2. The van der Waals surface area contributed by atoms with Crippen molar-refractivity contribution in [3.05, 3.63) is 59.0 Å². The number of amides is 1. The van der Waals surface area contributed by atoms with Crippen molar-refractivity contribution in [3.8, 4) is 11.8 Å². The van der Waals surface area contributed by atoms with Gasteiger partial charge in [0.05, 0.1) is 6.26 Å². The Bertz CT molecular complexity index is 775. The van der Waals surface area contributed by atoms with Gasteiger partial charge in [-0.3, -0.25) is 4.79 Å². The Labute approximate surface area is 145 Å². The van der Waals surface area contributed by atoms with Crippen molar-refractivity contribution in [2.24, 2.45) is 0 Å². The van der Waals surface area contributed by atoms with Crippen LogP contribution in [0.5, 0.6) is 0 Å². The van der Waals surface area contributed by atoms with E-state index < -0.39 is 5.60 Å². The highest BCUT2D eigenvalue weighted by Gasteiger charge is 2.33. The van der Waals surface area contributed by atoms with Gasteiger partial charge in [-0.25, -0.2) is 0 Å². The number of nitrogens with one attached hydrogen (secondary N) is 1. The van der Waals surface area contributed by atoms with Gasteiger partial charge < -0.3 is 14.8 Å². The fraction of sp³-hybridized carbons (Fsp3) is 0.316. The average molecular weight is 344 g/mol. The van der Waals surface area contributed by atoms with Crippen LogP contribution in [0.2, 0.25) is 5.02 Å². The molecule has 1 aromatic heterocycles. The zero-order chi connectivity index (χ0) is 17.0. The Hall–Kier alpha value is -2.22. The van der Waals surface area contributed by atoms with Gasteiger partial charge in [0.15, 0.2) is 5.76 Å². The lowest BCUT2D eigenvalue weighted by molar-refractivity contribution is 0.0448. The third-order valence-electron chi connectivity index (χ3n) is 4.07. The maximum absolute atomic E-state index is 12.1. The van der Waals surface area contributed by atoms with Crippen LogP contribution in [0, 0.1) is 11.8 Å². The van der Waals surface area contributed by atoms with E-state index in [1.807, 2.05) is 12.1 Å². The summed E-state index contributed by atoms with van der Waals surface area (Å²) in [7, 11) is 0. The van der Waals surface area contributed by atoms with Gasteiger partial charge in [0.1, 0.15) is 5.60 Å². The Balaban J connectivity index is 1.67. The van der Waals surface area contributed by atoms with Crippen molar-refractivity contribution in [1.82, 2.24) is 5.32 Å². The summed E-state index contributed by atoms with van der Waals surface area (Å²) < 4.78 is 5.09. The molecule has 0 aliphatic heterocycles. The number of hydrogen-bond donors (Lipinski definition) is 2. The van der Waals surface area contributed by atoms with Crippen LogP contribution >= 0.6 is 11.6 Å². The minimum absolute atomic E-state index is 0.130. The SMILES string of the molecule is O=C(N[C@H]1CCC[C@@](O)(C#Cc2cccc(Cl)c2)C1)c1ccco1. The van der Waals surface area contributed by atoms with Crippen LogP contribution in [0.1, 0.15) is 41.8 Å². The standard InChI is InChI=1S/C19H18ClNO3/c20-15-5-1-4-14(12-15)8-10-19(23)9-2-6-16(13-19)21-18(22)17-7-3-11-24-17/h1,3-5,7,11-12,16,23H,2,6,9,13H2,(H,21,22)/t16-,19+/m0/s1. The quantitative estimate of drug-likeness (QED) is 0.822. The first kappa shape index (κ1) is 16.6. The topological polar surface area (TPSA) is 62.5 Å². The summed E-state index contributed by atoms with van der Waals surface area (Å²) in [6.45, 7) is 0. The minimum atomic E-state index is -1.11. The summed E-state index contributed by atoms with van der Waals surface area (Å²) in [5, 5.41) is 14.2. The van der Waals surface area contributed by atoms with Crippen LogP contribution < -0.4 is 5.32 Å². The molecule has 2 atom stereocenters. The van der Waals surface area contributed by atoms with Crippen LogP contribution in [-0.2, 0) is 0 Å². The zero-order valence-electron chi connectivity index (χ0n) is 13.1. The molecule has 1 saturated carbocycles. The number of carbonyl (C=O) groups is 1. The fourth-order valence-electron chi connectivity index (χ4n) is 2.91. The summed E-state index contributed by atoms with van der Waals surface area (Å²) in [4.78, 5) is 12.1. The molecule has 0 bridgehead atoms. The highest BCUT2D eigenvalue weighted by molar-refractivity contribution is 6.30. The molecule has 0 saturated heterocycles. The van der Waals surface area contributed by atoms with Crippen molar-refractivity contribution in [2.75, 3.05) is 0 Å². The summed E-state index contributed by atoms with van der Waals surface area (Å²) in [6.07, 6.45) is 4.06. The molecule has 1 aliphatic carbocycles. The number of halogens is 1. The van der Waals surface area contributed by atoms with Crippen LogP contribution in [0.25, 0.3) is 0 Å². The number of rotatable bonds is 2. The smallest absolute Gasteiger partial charge is 0.287 e. The zero-order valence-corrected chi connectivity index (χ0v) is 13.8. The second-order valence-electron chi connectivity index (χ2n) is 6.04. The van der Waals surface area contributed by atoms with Crippen LogP contribution in [0.3, 0.4) is 0 Å². The molecular weight excluding hydrogens is 326 g/mol. The Kier molecular flexibility index (Phi) is 4.94. The van der Waals surface area contributed by atoms with Gasteiger partial charge in [-0.05, 0) is 49.6 Å².